The minimum absolute atomic E-state index is 0.185. The van der Waals surface area contributed by atoms with E-state index < -0.39 is 10.0 Å². The van der Waals surface area contributed by atoms with Gasteiger partial charge in [0.15, 0.2) is 5.03 Å². The molecule has 1 atom stereocenters. The normalized spacial score (nSPS) is 22.1. The highest BCUT2D eigenvalue weighted by Crippen LogP contribution is 2.24. The average molecular weight is 278 g/mol. The van der Waals surface area contributed by atoms with E-state index in [1.54, 1.807) is 0 Å². The molecule has 1 unspecified atom stereocenters. The summed E-state index contributed by atoms with van der Waals surface area (Å²) in [6.45, 7) is 2.97. The fourth-order valence-electron chi connectivity index (χ4n) is 1.93. The van der Waals surface area contributed by atoms with Crippen LogP contribution in [-0.2, 0) is 16.4 Å². The van der Waals surface area contributed by atoms with Crippen LogP contribution in [0.2, 0.25) is 0 Å². The van der Waals surface area contributed by atoms with Crippen molar-refractivity contribution in [3.05, 3.63) is 12.0 Å². The predicted molar refractivity (Wildman–Crippen MR) is 65.6 cm³/mol. The maximum Gasteiger partial charge on any atom is 0.260 e. The first-order valence-corrected chi connectivity index (χ1v) is 7.65. The number of aryl methyl sites for hydroxylation is 1. The van der Waals surface area contributed by atoms with Gasteiger partial charge in [-0.25, -0.2) is 13.4 Å². The highest BCUT2D eigenvalue weighted by molar-refractivity contribution is 7.89. The maximum atomic E-state index is 12.2. The number of imidazole rings is 1. The van der Waals surface area contributed by atoms with Gasteiger partial charge < -0.3 is 4.98 Å². The molecule has 0 spiro atoms. The molecule has 5 nitrogen and oxygen atoms in total. The molecule has 0 amide bonds. The number of rotatable bonds is 4. The van der Waals surface area contributed by atoms with Crippen molar-refractivity contribution in [1.29, 1.82) is 0 Å². The van der Waals surface area contributed by atoms with Gasteiger partial charge in [0.2, 0.25) is 0 Å². The van der Waals surface area contributed by atoms with Gasteiger partial charge in [0, 0.05) is 25.4 Å². The highest BCUT2D eigenvalue weighted by Gasteiger charge is 2.33. The number of H-pyrrole nitrogens is 1. The first kappa shape index (κ1) is 12.9. The summed E-state index contributed by atoms with van der Waals surface area (Å²) in [4.78, 5) is 6.86. The molecule has 1 fully saturated rings. The van der Waals surface area contributed by atoms with Crippen molar-refractivity contribution < 1.29 is 8.42 Å². The summed E-state index contributed by atoms with van der Waals surface area (Å²) in [5.41, 5.74) is 0. The van der Waals surface area contributed by atoms with E-state index in [1.807, 2.05) is 6.92 Å². The third-order valence-electron chi connectivity index (χ3n) is 3.02. The van der Waals surface area contributed by atoms with E-state index in [-0.39, 0.29) is 10.9 Å². The van der Waals surface area contributed by atoms with Gasteiger partial charge in [0.05, 0.1) is 6.20 Å². The van der Waals surface area contributed by atoms with Gasteiger partial charge >= 0.3 is 0 Å². The molecule has 17 heavy (non-hydrogen) atoms. The molecule has 1 saturated heterocycles. The molecule has 1 aromatic rings. The molecule has 0 bridgehead atoms. The lowest BCUT2D eigenvalue weighted by Gasteiger charge is -2.14. The van der Waals surface area contributed by atoms with E-state index >= 15 is 0 Å². The first-order chi connectivity index (χ1) is 8.07. The summed E-state index contributed by atoms with van der Waals surface area (Å²) in [5, 5.41) is 0.185. The molecule has 7 heteroatoms. The number of nitrogens with one attached hydrogen (secondary N) is 1. The molecular formula is C10H16ClN3O2S. The number of aromatic amines is 1. The largest absolute Gasteiger partial charge is 0.332 e. The van der Waals surface area contributed by atoms with E-state index in [9.17, 15) is 8.42 Å². The van der Waals surface area contributed by atoms with Crippen molar-refractivity contribution in [2.45, 2.75) is 24.8 Å². The van der Waals surface area contributed by atoms with Gasteiger partial charge in [-0.3, -0.25) is 0 Å². The number of nitrogens with zero attached hydrogens (tertiary/aromatic N) is 2. The van der Waals surface area contributed by atoms with Crippen LogP contribution in [0.15, 0.2) is 11.2 Å². The van der Waals surface area contributed by atoms with Crippen LogP contribution in [0.4, 0.5) is 0 Å². The van der Waals surface area contributed by atoms with E-state index in [1.165, 1.54) is 10.5 Å². The Morgan fingerprint density at radius 3 is 2.94 bits per heavy atom. The highest BCUT2D eigenvalue weighted by atomic mass is 35.5. The summed E-state index contributed by atoms with van der Waals surface area (Å²) in [6.07, 6.45) is 2.92. The lowest BCUT2D eigenvalue weighted by Crippen LogP contribution is -2.29. The molecule has 1 aliphatic heterocycles. The molecule has 0 aromatic carbocycles. The zero-order valence-electron chi connectivity index (χ0n) is 9.69. The summed E-state index contributed by atoms with van der Waals surface area (Å²) in [5.74, 6) is 1.46. The minimum Gasteiger partial charge on any atom is -0.332 e. The van der Waals surface area contributed by atoms with Crippen molar-refractivity contribution >= 4 is 21.6 Å². The zero-order chi connectivity index (χ0) is 12.5. The summed E-state index contributed by atoms with van der Waals surface area (Å²) in [7, 11) is -3.41. The molecule has 1 N–H and O–H groups in total. The molecular weight excluding hydrogens is 262 g/mol. The fourth-order valence-corrected chi connectivity index (χ4v) is 3.65. The number of alkyl halides is 1. The van der Waals surface area contributed by atoms with Gasteiger partial charge in [0.25, 0.3) is 10.0 Å². The van der Waals surface area contributed by atoms with Crippen LogP contribution in [0.5, 0.6) is 0 Å². The van der Waals surface area contributed by atoms with Crippen molar-refractivity contribution in [2.24, 2.45) is 5.92 Å². The lowest BCUT2D eigenvalue weighted by molar-refractivity contribution is 0.463. The first-order valence-electron chi connectivity index (χ1n) is 5.68. The van der Waals surface area contributed by atoms with Gasteiger partial charge in [-0.2, -0.15) is 4.31 Å². The van der Waals surface area contributed by atoms with Crippen molar-refractivity contribution in [2.75, 3.05) is 19.0 Å². The number of halogens is 1. The second kappa shape index (κ2) is 4.96. The van der Waals surface area contributed by atoms with Crippen LogP contribution in [0.25, 0.3) is 0 Å². The average Bonchev–Trinajstić information content (AvgIpc) is 2.98. The van der Waals surface area contributed by atoms with Crippen molar-refractivity contribution in [1.82, 2.24) is 14.3 Å². The van der Waals surface area contributed by atoms with Crippen LogP contribution >= 0.6 is 11.6 Å². The molecule has 0 saturated carbocycles. The quantitative estimate of drug-likeness (QED) is 0.842. The molecule has 0 aliphatic carbocycles. The lowest BCUT2D eigenvalue weighted by atomic mass is 10.2. The van der Waals surface area contributed by atoms with Crippen LogP contribution in [0, 0.1) is 5.92 Å². The smallest absolute Gasteiger partial charge is 0.260 e. The van der Waals surface area contributed by atoms with E-state index in [0.717, 1.165) is 6.42 Å². The molecule has 96 valence electrons. The van der Waals surface area contributed by atoms with Crippen LogP contribution < -0.4 is 0 Å². The van der Waals surface area contributed by atoms with Crippen molar-refractivity contribution in [3.8, 4) is 0 Å². The fraction of sp³-hybridized carbons (Fsp3) is 0.700. The Morgan fingerprint density at radius 2 is 2.41 bits per heavy atom. The van der Waals surface area contributed by atoms with Gasteiger partial charge in [0.1, 0.15) is 5.82 Å². The third-order valence-corrected chi connectivity index (χ3v) is 5.24. The number of hydrogen-bond donors (Lipinski definition) is 1. The Labute approximate surface area is 106 Å². The Bertz CT molecular complexity index is 485. The standard InChI is InChI=1S/C10H16ClN3O2S/c1-2-9-12-6-10(13-9)17(15,16)14-4-3-8(5-11)7-14/h6,8H,2-5,7H2,1H3,(H,12,13). The van der Waals surface area contributed by atoms with Gasteiger partial charge in [-0.15, -0.1) is 11.6 Å². The van der Waals surface area contributed by atoms with Gasteiger partial charge in [-0.1, -0.05) is 6.92 Å². The number of aromatic nitrogens is 2. The summed E-state index contributed by atoms with van der Waals surface area (Å²) >= 11 is 5.75. The Balaban J connectivity index is 2.19. The summed E-state index contributed by atoms with van der Waals surface area (Å²) < 4.78 is 26.0. The molecule has 1 aliphatic rings. The monoisotopic (exact) mass is 277 g/mol. The Kier molecular flexibility index (Phi) is 3.75. The second-order valence-corrected chi connectivity index (χ2v) is 6.43. The maximum absolute atomic E-state index is 12.2. The topological polar surface area (TPSA) is 66.1 Å². The van der Waals surface area contributed by atoms with E-state index in [0.29, 0.717) is 31.2 Å². The Morgan fingerprint density at radius 1 is 1.65 bits per heavy atom. The van der Waals surface area contributed by atoms with E-state index in [4.69, 9.17) is 11.6 Å². The SMILES string of the molecule is CCc1ncc(S(=O)(=O)N2CCC(CCl)C2)[nH]1. The zero-order valence-corrected chi connectivity index (χ0v) is 11.3. The number of sulfonamides is 1. The Hall–Kier alpha value is -0.590. The summed E-state index contributed by atoms with van der Waals surface area (Å²) in [6, 6.07) is 0. The van der Waals surface area contributed by atoms with Crippen LogP contribution in [0.1, 0.15) is 19.2 Å². The molecule has 1 aromatic heterocycles. The second-order valence-electron chi connectivity index (χ2n) is 4.22. The number of hydrogen-bond acceptors (Lipinski definition) is 3. The van der Waals surface area contributed by atoms with Crippen molar-refractivity contribution in [3.63, 3.8) is 0 Å². The minimum atomic E-state index is -3.41. The third kappa shape index (κ3) is 2.48. The van der Waals surface area contributed by atoms with E-state index in [2.05, 4.69) is 9.97 Å². The predicted octanol–water partition coefficient (Wildman–Crippen LogP) is 1.22. The molecule has 2 rings (SSSR count). The molecule has 0 radical (unpaired) electrons. The molecule has 2 heterocycles. The van der Waals surface area contributed by atoms with Gasteiger partial charge in [-0.05, 0) is 12.3 Å². The van der Waals surface area contributed by atoms with Crippen LogP contribution in [0.3, 0.4) is 0 Å². The van der Waals surface area contributed by atoms with Crippen LogP contribution in [-0.4, -0.2) is 41.7 Å².